The Morgan fingerprint density at radius 1 is 0.971 bits per heavy atom. The fourth-order valence-corrected chi connectivity index (χ4v) is 3.46. The lowest BCUT2D eigenvalue weighted by Crippen LogP contribution is -2.45. The van der Waals surface area contributed by atoms with Crippen molar-refractivity contribution in [2.75, 3.05) is 6.54 Å². The largest absolute Gasteiger partial charge is 0.465 e. The molecule has 3 rings (SSSR count). The SMILES string of the molecule is O=C(NCc1cc(F)c(Oc2cc(C(F)(F)F)cc(C(F)(F)F)c2)cc1F)[C@@H]1CCCN1C(=O)O. The van der Waals surface area contributed by atoms with Crippen molar-refractivity contribution in [3.05, 3.63) is 58.7 Å². The molecule has 1 heterocycles. The lowest BCUT2D eigenvalue weighted by molar-refractivity contribution is -0.143. The minimum Gasteiger partial charge on any atom is -0.465 e. The molecule has 1 saturated heterocycles. The van der Waals surface area contributed by atoms with Crippen LogP contribution in [0.5, 0.6) is 11.5 Å². The zero-order valence-corrected chi connectivity index (χ0v) is 17.4. The molecule has 0 saturated carbocycles. The van der Waals surface area contributed by atoms with Crippen molar-refractivity contribution in [2.24, 2.45) is 0 Å². The van der Waals surface area contributed by atoms with Crippen LogP contribution in [-0.4, -0.2) is 34.6 Å². The Kier molecular flexibility index (Phi) is 7.13. The molecule has 1 atom stereocenters. The van der Waals surface area contributed by atoms with Gasteiger partial charge in [-0.2, -0.15) is 26.3 Å². The molecule has 2 aromatic rings. The Bertz CT molecular complexity index is 1100. The van der Waals surface area contributed by atoms with Crippen molar-refractivity contribution < 1.29 is 54.6 Å². The number of hydrogen-bond donors (Lipinski definition) is 2. The molecule has 2 amide bonds. The van der Waals surface area contributed by atoms with Gasteiger partial charge in [0.05, 0.1) is 11.1 Å². The summed E-state index contributed by atoms with van der Waals surface area (Å²) in [6, 6.07) is 0.209. The minimum atomic E-state index is -5.17. The number of hydrogen-bond acceptors (Lipinski definition) is 3. The first kappa shape index (κ1) is 26.0. The van der Waals surface area contributed by atoms with Gasteiger partial charge in [-0.3, -0.25) is 9.69 Å². The number of nitrogens with one attached hydrogen (secondary N) is 1. The average Bonchev–Trinajstić information content (AvgIpc) is 3.24. The molecule has 35 heavy (non-hydrogen) atoms. The van der Waals surface area contributed by atoms with E-state index in [0.29, 0.717) is 18.6 Å². The van der Waals surface area contributed by atoms with Gasteiger partial charge in [0.1, 0.15) is 17.6 Å². The number of carboxylic acid groups (broad SMARTS) is 1. The Morgan fingerprint density at radius 3 is 2.11 bits per heavy atom. The van der Waals surface area contributed by atoms with Gasteiger partial charge in [-0.25, -0.2) is 13.6 Å². The third-order valence-electron chi connectivity index (χ3n) is 5.14. The van der Waals surface area contributed by atoms with E-state index in [-0.39, 0.29) is 31.2 Å². The smallest absolute Gasteiger partial charge is 0.416 e. The highest BCUT2D eigenvalue weighted by atomic mass is 19.4. The normalized spacial score (nSPS) is 16.3. The number of amides is 2. The molecule has 1 aliphatic rings. The van der Waals surface area contributed by atoms with Gasteiger partial charge in [0.15, 0.2) is 11.6 Å². The Morgan fingerprint density at radius 2 is 1.57 bits per heavy atom. The molecular formula is C21H16F8N2O4. The number of likely N-dealkylation sites (tertiary alicyclic amines) is 1. The molecule has 0 radical (unpaired) electrons. The standard InChI is InChI=1S/C21H16F8N2O4/c22-14-8-17(35-13-6-11(20(24,25)26)5-12(7-13)21(27,28)29)15(23)4-10(14)9-30-18(32)16-2-1-3-31(16)19(33)34/h4-8,16H,1-3,9H2,(H,30,32)(H,33,34)/t16-/m0/s1. The summed E-state index contributed by atoms with van der Waals surface area (Å²) in [7, 11) is 0. The first-order chi connectivity index (χ1) is 16.2. The molecular weight excluding hydrogens is 496 g/mol. The van der Waals surface area contributed by atoms with Gasteiger partial charge in [0, 0.05) is 24.7 Å². The second-order valence-electron chi connectivity index (χ2n) is 7.57. The predicted octanol–water partition coefficient (Wildman–Crippen LogP) is 5.55. The van der Waals surface area contributed by atoms with Gasteiger partial charge in [-0.15, -0.1) is 0 Å². The summed E-state index contributed by atoms with van der Waals surface area (Å²) in [4.78, 5) is 24.2. The van der Waals surface area contributed by atoms with E-state index >= 15 is 0 Å². The van der Waals surface area contributed by atoms with E-state index in [4.69, 9.17) is 9.84 Å². The summed E-state index contributed by atoms with van der Waals surface area (Å²) < 4.78 is 112. The van der Waals surface area contributed by atoms with Crippen molar-refractivity contribution in [1.82, 2.24) is 10.2 Å². The van der Waals surface area contributed by atoms with E-state index in [1.54, 1.807) is 0 Å². The van der Waals surface area contributed by atoms with Crippen molar-refractivity contribution in [1.29, 1.82) is 0 Å². The van der Waals surface area contributed by atoms with Crippen LogP contribution in [-0.2, 0) is 23.7 Å². The summed E-state index contributed by atoms with van der Waals surface area (Å²) >= 11 is 0. The number of benzene rings is 2. The summed E-state index contributed by atoms with van der Waals surface area (Å²) in [5, 5.41) is 11.3. The quantitative estimate of drug-likeness (QED) is 0.515. The Balaban J connectivity index is 1.79. The van der Waals surface area contributed by atoms with E-state index in [0.717, 1.165) is 4.90 Å². The van der Waals surface area contributed by atoms with Crippen LogP contribution >= 0.6 is 0 Å². The third kappa shape index (κ3) is 6.11. The van der Waals surface area contributed by atoms with Crippen LogP contribution in [0.4, 0.5) is 39.9 Å². The summed E-state index contributed by atoms with van der Waals surface area (Å²) in [5.74, 6) is -5.26. The van der Waals surface area contributed by atoms with Crippen LogP contribution in [0.1, 0.15) is 29.5 Å². The molecule has 6 nitrogen and oxygen atoms in total. The first-order valence-corrected chi connectivity index (χ1v) is 9.89. The van der Waals surface area contributed by atoms with E-state index < -0.39 is 76.8 Å². The monoisotopic (exact) mass is 512 g/mol. The molecule has 0 aliphatic carbocycles. The Labute approximate surface area is 192 Å². The lowest BCUT2D eigenvalue weighted by Gasteiger charge is -2.20. The van der Waals surface area contributed by atoms with Crippen LogP contribution in [0.3, 0.4) is 0 Å². The zero-order valence-electron chi connectivity index (χ0n) is 17.4. The molecule has 190 valence electrons. The van der Waals surface area contributed by atoms with Crippen molar-refractivity contribution in [3.8, 4) is 11.5 Å². The van der Waals surface area contributed by atoms with E-state index in [2.05, 4.69) is 5.32 Å². The number of nitrogens with zero attached hydrogens (tertiary/aromatic N) is 1. The minimum absolute atomic E-state index is 0.133. The third-order valence-corrected chi connectivity index (χ3v) is 5.14. The first-order valence-electron chi connectivity index (χ1n) is 9.89. The summed E-state index contributed by atoms with van der Waals surface area (Å²) in [6.07, 6.45) is -11.0. The number of ether oxygens (including phenoxy) is 1. The maximum atomic E-state index is 14.4. The van der Waals surface area contributed by atoms with Gasteiger partial charge in [-0.1, -0.05) is 0 Å². The Hall–Kier alpha value is -3.58. The second kappa shape index (κ2) is 9.58. The highest BCUT2D eigenvalue weighted by Crippen LogP contribution is 2.39. The number of carbonyl (C=O) groups excluding carboxylic acids is 1. The van der Waals surface area contributed by atoms with Gasteiger partial charge in [0.25, 0.3) is 0 Å². The van der Waals surface area contributed by atoms with Crippen LogP contribution < -0.4 is 10.1 Å². The van der Waals surface area contributed by atoms with Crippen LogP contribution in [0.2, 0.25) is 0 Å². The fourth-order valence-electron chi connectivity index (χ4n) is 3.46. The van der Waals surface area contributed by atoms with Crippen LogP contribution in [0.15, 0.2) is 30.3 Å². The maximum absolute atomic E-state index is 14.4. The molecule has 1 fully saturated rings. The van der Waals surface area contributed by atoms with Gasteiger partial charge in [-0.05, 0) is 37.1 Å². The molecule has 2 aromatic carbocycles. The van der Waals surface area contributed by atoms with E-state index in [1.165, 1.54) is 0 Å². The van der Waals surface area contributed by atoms with Gasteiger partial charge < -0.3 is 15.2 Å². The number of alkyl halides is 6. The summed E-state index contributed by atoms with van der Waals surface area (Å²) in [6.45, 7) is -0.429. The fraction of sp³-hybridized carbons (Fsp3) is 0.333. The van der Waals surface area contributed by atoms with Gasteiger partial charge in [0.2, 0.25) is 5.91 Å². The second-order valence-corrected chi connectivity index (χ2v) is 7.57. The molecule has 0 aromatic heterocycles. The van der Waals surface area contributed by atoms with Crippen LogP contribution in [0.25, 0.3) is 0 Å². The zero-order chi connectivity index (χ0) is 26.1. The average molecular weight is 512 g/mol. The van der Waals surface area contributed by atoms with E-state index in [9.17, 15) is 44.7 Å². The van der Waals surface area contributed by atoms with Gasteiger partial charge >= 0.3 is 18.4 Å². The summed E-state index contributed by atoms with van der Waals surface area (Å²) in [5.41, 5.74) is -3.82. The molecule has 0 bridgehead atoms. The van der Waals surface area contributed by atoms with Crippen LogP contribution in [0, 0.1) is 11.6 Å². The highest BCUT2D eigenvalue weighted by molar-refractivity contribution is 5.85. The number of carbonyl (C=O) groups is 2. The predicted molar refractivity (Wildman–Crippen MR) is 102 cm³/mol. The van der Waals surface area contributed by atoms with E-state index in [1.807, 2.05) is 0 Å². The molecule has 0 unspecified atom stereocenters. The molecule has 14 heteroatoms. The number of halogens is 8. The lowest BCUT2D eigenvalue weighted by atomic mass is 10.1. The molecule has 2 N–H and O–H groups in total. The highest BCUT2D eigenvalue weighted by Gasteiger charge is 2.37. The van der Waals surface area contributed by atoms with Crippen molar-refractivity contribution >= 4 is 12.0 Å². The topological polar surface area (TPSA) is 78.9 Å². The maximum Gasteiger partial charge on any atom is 0.416 e. The molecule has 1 aliphatic heterocycles. The molecule has 0 spiro atoms. The number of rotatable bonds is 5. The van der Waals surface area contributed by atoms with Crippen molar-refractivity contribution in [2.45, 2.75) is 37.8 Å². The van der Waals surface area contributed by atoms with Crippen molar-refractivity contribution in [3.63, 3.8) is 0 Å².